The highest BCUT2D eigenvalue weighted by Crippen LogP contribution is 2.28. The third-order valence-electron chi connectivity index (χ3n) is 5.10. The van der Waals surface area contributed by atoms with Crippen molar-refractivity contribution in [2.24, 2.45) is 4.99 Å². The van der Waals surface area contributed by atoms with Gasteiger partial charge in [0.1, 0.15) is 11.6 Å². The van der Waals surface area contributed by atoms with Crippen molar-refractivity contribution >= 4 is 11.9 Å². The van der Waals surface area contributed by atoms with Gasteiger partial charge in [0.15, 0.2) is 5.96 Å². The molecule has 0 spiro atoms. The predicted octanol–water partition coefficient (Wildman–Crippen LogP) is 2.09. The van der Waals surface area contributed by atoms with E-state index in [1.165, 1.54) is 6.07 Å². The van der Waals surface area contributed by atoms with Crippen molar-refractivity contribution in [1.82, 2.24) is 20.0 Å². The summed E-state index contributed by atoms with van der Waals surface area (Å²) in [7, 11) is 5.21. The van der Waals surface area contributed by atoms with Gasteiger partial charge in [-0.1, -0.05) is 13.0 Å². The van der Waals surface area contributed by atoms with Crippen molar-refractivity contribution in [3.63, 3.8) is 0 Å². The number of aliphatic imine (C=N–C) groups is 1. The Bertz CT molecular complexity index is 687. The Hall–Kier alpha value is -2.22. The first-order valence-electron chi connectivity index (χ1n) is 9.72. The molecule has 1 N–H and O–H groups in total. The first-order chi connectivity index (χ1) is 13.4. The van der Waals surface area contributed by atoms with Crippen LogP contribution in [0.15, 0.2) is 23.2 Å². The van der Waals surface area contributed by atoms with Crippen LogP contribution in [0.2, 0.25) is 0 Å². The molecule has 156 valence electrons. The van der Waals surface area contributed by atoms with Crippen LogP contribution in [0.5, 0.6) is 0 Å². The van der Waals surface area contributed by atoms with Crippen LogP contribution in [0.25, 0.3) is 0 Å². The predicted molar refractivity (Wildman–Crippen MR) is 107 cm³/mol. The molecule has 0 bridgehead atoms. The lowest BCUT2D eigenvalue weighted by Gasteiger charge is -2.40. The van der Waals surface area contributed by atoms with Gasteiger partial charge in [-0.2, -0.15) is 0 Å². The summed E-state index contributed by atoms with van der Waals surface area (Å²) in [6, 6.07) is 3.75. The summed E-state index contributed by atoms with van der Waals surface area (Å²) in [6.07, 6.45) is 1.16. The average molecular weight is 395 g/mol. The lowest BCUT2D eigenvalue weighted by Crippen LogP contribution is -2.53. The number of carbonyl (C=O) groups excluding carboxylic acids is 1. The number of hydrogen-bond donors (Lipinski definition) is 1. The molecule has 1 fully saturated rings. The summed E-state index contributed by atoms with van der Waals surface area (Å²) in [5.41, 5.74) is 0.544. The second kappa shape index (κ2) is 10.4. The van der Waals surface area contributed by atoms with E-state index in [0.717, 1.165) is 44.6 Å². The molecule has 1 aliphatic rings. The summed E-state index contributed by atoms with van der Waals surface area (Å²) in [6.45, 7) is 5.56. The third-order valence-corrected chi connectivity index (χ3v) is 5.10. The van der Waals surface area contributed by atoms with E-state index in [0.29, 0.717) is 18.5 Å². The van der Waals surface area contributed by atoms with E-state index in [1.807, 2.05) is 6.92 Å². The first-order valence-corrected chi connectivity index (χ1v) is 9.72. The standard InChI is InChI=1S/C20H31F2N5O/c1-5-18(16-7-6-15(21)14-17(16)22)26-10-12-27(13-11-26)20(23-2)24-9-8-19(28)25(3)4/h6-7,14,18H,5,8-13H2,1-4H3,(H,23,24). The Balaban J connectivity index is 1.92. The molecule has 0 aromatic heterocycles. The molecule has 1 aliphatic heterocycles. The Kier molecular flexibility index (Phi) is 8.17. The monoisotopic (exact) mass is 395 g/mol. The Morgan fingerprint density at radius 2 is 1.93 bits per heavy atom. The fourth-order valence-electron chi connectivity index (χ4n) is 3.53. The van der Waals surface area contributed by atoms with Crippen molar-refractivity contribution < 1.29 is 13.6 Å². The molecule has 2 rings (SSSR count). The normalized spacial score (nSPS) is 16.8. The van der Waals surface area contributed by atoms with Crippen LogP contribution in [-0.4, -0.2) is 80.4 Å². The van der Waals surface area contributed by atoms with E-state index in [9.17, 15) is 13.6 Å². The van der Waals surface area contributed by atoms with E-state index in [1.54, 1.807) is 32.1 Å². The molecule has 1 aromatic carbocycles. The van der Waals surface area contributed by atoms with Crippen LogP contribution < -0.4 is 5.32 Å². The van der Waals surface area contributed by atoms with Gasteiger partial charge in [0.05, 0.1) is 0 Å². The molecule has 1 unspecified atom stereocenters. The number of carbonyl (C=O) groups is 1. The van der Waals surface area contributed by atoms with E-state index in [2.05, 4.69) is 20.1 Å². The van der Waals surface area contributed by atoms with Gasteiger partial charge < -0.3 is 15.1 Å². The molecular formula is C20H31F2N5O. The Morgan fingerprint density at radius 3 is 2.46 bits per heavy atom. The highest BCUT2D eigenvalue weighted by Gasteiger charge is 2.27. The van der Waals surface area contributed by atoms with Crippen molar-refractivity contribution in [3.8, 4) is 0 Å². The van der Waals surface area contributed by atoms with E-state index >= 15 is 0 Å². The zero-order valence-corrected chi connectivity index (χ0v) is 17.2. The highest BCUT2D eigenvalue weighted by molar-refractivity contribution is 5.81. The van der Waals surface area contributed by atoms with E-state index in [4.69, 9.17) is 0 Å². The van der Waals surface area contributed by atoms with Crippen LogP contribution in [0.1, 0.15) is 31.4 Å². The van der Waals surface area contributed by atoms with Gasteiger partial charge in [-0.05, 0) is 12.5 Å². The van der Waals surface area contributed by atoms with Crippen LogP contribution in [0.3, 0.4) is 0 Å². The average Bonchev–Trinajstić information content (AvgIpc) is 2.68. The summed E-state index contributed by atoms with van der Waals surface area (Å²) in [5.74, 6) is -0.201. The van der Waals surface area contributed by atoms with Gasteiger partial charge in [0.2, 0.25) is 5.91 Å². The fourth-order valence-corrected chi connectivity index (χ4v) is 3.53. The van der Waals surface area contributed by atoms with Crippen LogP contribution in [-0.2, 0) is 4.79 Å². The maximum Gasteiger partial charge on any atom is 0.223 e. The second-order valence-corrected chi connectivity index (χ2v) is 7.13. The minimum absolute atomic E-state index is 0.0693. The van der Waals surface area contributed by atoms with Crippen molar-refractivity contribution in [1.29, 1.82) is 0 Å². The molecular weight excluding hydrogens is 364 g/mol. The van der Waals surface area contributed by atoms with E-state index in [-0.39, 0.29) is 11.9 Å². The minimum Gasteiger partial charge on any atom is -0.356 e. The second-order valence-electron chi connectivity index (χ2n) is 7.13. The van der Waals surface area contributed by atoms with Crippen molar-refractivity contribution in [3.05, 3.63) is 35.4 Å². The number of nitrogens with one attached hydrogen (secondary N) is 1. The van der Waals surface area contributed by atoms with E-state index < -0.39 is 11.6 Å². The number of amides is 1. The fraction of sp³-hybridized carbons (Fsp3) is 0.600. The lowest BCUT2D eigenvalue weighted by atomic mass is 10.0. The SMILES string of the molecule is CCC(c1ccc(F)cc1F)N1CCN(C(=NC)NCCC(=O)N(C)C)CC1. The number of halogens is 2. The summed E-state index contributed by atoms with van der Waals surface area (Å²) < 4.78 is 27.5. The maximum atomic E-state index is 14.2. The van der Waals surface area contributed by atoms with Gasteiger partial charge in [-0.15, -0.1) is 0 Å². The number of rotatable bonds is 6. The zero-order chi connectivity index (χ0) is 20.7. The molecule has 6 nitrogen and oxygen atoms in total. The summed E-state index contributed by atoms with van der Waals surface area (Å²) in [5, 5.41) is 3.24. The molecule has 0 aliphatic carbocycles. The lowest BCUT2D eigenvalue weighted by molar-refractivity contribution is -0.128. The minimum atomic E-state index is -0.552. The third kappa shape index (κ3) is 5.64. The molecule has 1 saturated heterocycles. The van der Waals surface area contributed by atoms with Gasteiger partial charge in [0, 0.05) is 78.0 Å². The molecule has 1 aromatic rings. The summed E-state index contributed by atoms with van der Waals surface area (Å²) in [4.78, 5) is 22.0. The van der Waals surface area contributed by atoms with Crippen LogP contribution in [0.4, 0.5) is 8.78 Å². The first kappa shape index (κ1) is 22.1. The molecule has 1 atom stereocenters. The molecule has 28 heavy (non-hydrogen) atoms. The largest absolute Gasteiger partial charge is 0.356 e. The smallest absolute Gasteiger partial charge is 0.223 e. The number of piperazine rings is 1. The molecule has 8 heteroatoms. The molecule has 1 amide bonds. The Labute approximate surface area is 166 Å². The maximum absolute atomic E-state index is 14.2. The van der Waals surface area contributed by atoms with Crippen LogP contribution in [0, 0.1) is 11.6 Å². The number of hydrogen-bond acceptors (Lipinski definition) is 3. The van der Waals surface area contributed by atoms with Crippen molar-refractivity contribution in [2.45, 2.75) is 25.8 Å². The highest BCUT2D eigenvalue weighted by atomic mass is 19.1. The number of nitrogens with zero attached hydrogens (tertiary/aromatic N) is 4. The summed E-state index contributed by atoms with van der Waals surface area (Å²) >= 11 is 0. The van der Waals surface area contributed by atoms with Crippen LogP contribution >= 0.6 is 0 Å². The molecule has 1 heterocycles. The Morgan fingerprint density at radius 1 is 1.25 bits per heavy atom. The molecule has 0 saturated carbocycles. The topological polar surface area (TPSA) is 51.2 Å². The van der Waals surface area contributed by atoms with Gasteiger partial charge in [-0.3, -0.25) is 14.7 Å². The molecule has 0 radical (unpaired) electrons. The zero-order valence-electron chi connectivity index (χ0n) is 17.2. The van der Waals surface area contributed by atoms with Gasteiger partial charge >= 0.3 is 0 Å². The number of guanidine groups is 1. The quantitative estimate of drug-likeness (QED) is 0.592. The number of benzene rings is 1. The van der Waals surface area contributed by atoms with Gasteiger partial charge in [-0.25, -0.2) is 8.78 Å². The van der Waals surface area contributed by atoms with Crippen molar-refractivity contribution in [2.75, 3.05) is 53.9 Å². The van der Waals surface area contributed by atoms with Gasteiger partial charge in [0.25, 0.3) is 0 Å².